The Morgan fingerprint density at radius 2 is 2.06 bits per heavy atom. The number of rotatable bonds is 3. The monoisotopic (exact) mass is 219 g/mol. The predicted octanol–water partition coefficient (Wildman–Crippen LogP) is 2.11. The van der Waals surface area contributed by atoms with E-state index in [1.807, 2.05) is 24.3 Å². The molecule has 86 valence electrons. The van der Waals surface area contributed by atoms with Crippen molar-refractivity contribution in [1.82, 2.24) is 0 Å². The number of carbonyl (C=O) groups excluding carboxylic acids is 1. The van der Waals surface area contributed by atoms with Crippen molar-refractivity contribution in [2.45, 2.75) is 26.4 Å². The number of nitrogens with zero attached hydrogens (tertiary/aromatic N) is 1. The van der Waals surface area contributed by atoms with Crippen molar-refractivity contribution in [3.05, 3.63) is 29.8 Å². The van der Waals surface area contributed by atoms with Crippen LogP contribution in [0.1, 0.15) is 31.9 Å². The number of amides is 1. The van der Waals surface area contributed by atoms with Crippen molar-refractivity contribution in [2.75, 3.05) is 11.4 Å². The van der Waals surface area contributed by atoms with E-state index in [-0.39, 0.29) is 5.91 Å². The number of hydrogen-bond donors (Lipinski definition) is 1. The molecular weight excluding hydrogens is 202 g/mol. The van der Waals surface area contributed by atoms with Crippen molar-refractivity contribution in [2.24, 2.45) is 5.92 Å². The molecule has 3 heteroatoms. The average Bonchev–Trinajstić information content (AvgIpc) is 2.50. The van der Waals surface area contributed by atoms with Crippen LogP contribution in [0.5, 0.6) is 0 Å². The van der Waals surface area contributed by atoms with Crippen LogP contribution < -0.4 is 4.90 Å². The van der Waals surface area contributed by atoms with Crippen molar-refractivity contribution in [3.8, 4) is 0 Å². The van der Waals surface area contributed by atoms with Crippen molar-refractivity contribution in [3.63, 3.8) is 0 Å². The van der Waals surface area contributed by atoms with E-state index in [4.69, 9.17) is 0 Å². The molecule has 0 aromatic heterocycles. The molecule has 0 saturated heterocycles. The topological polar surface area (TPSA) is 40.5 Å². The lowest BCUT2D eigenvalue weighted by atomic mass is 10.1. The summed E-state index contributed by atoms with van der Waals surface area (Å²) in [6.07, 6.45) is -0.0179. The number of anilines is 1. The van der Waals surface area contributed by atoms with Gasteiger partial charge in [0.15, 0.2) is 6.10 Å². The molecule has 1 aromatic carbocycles. The molecule has 1 N–H and O–H groups in total. The van der Waals surface area contributed by atoms with Gasteiger partial charge in [-0.05, 0) is 18.4 Å². The molecule has 0 spiro atoms. The van der Waals surface area contributed by atoms with Gasteiger partial charge in [0.1, 0.15) is 0 Å². The second-order valence-corrected chi connectivity index (χ2v) is 4.63. The first-order valence-corrected chi connectivity index (χ1v) is 5.69. The third kappa shape index (κ3) is 1.83. The minimum atomic E-state index is -0.969. The Labute approximate surface area is 95.7 Å². The molecule has 0 radical (unpaired) electrons. The molecule has 0 saturated carbocycles. The van der Waals surface area contributed by atoms with Gasteiger partial charge in [0, 0.05) is 12.1 Å². The Morgan fingerprint density at radius 1 is 1.38 bits per heavy atom. The Hall–Kier alpha value is -1.35. The van der Waals surface area contributed by atoms with Gasteiger partial charge in [-0.3, -0.25) is 4.79 Å². The maximum Gasteiger partial charge on any atom is 0.260 e. The highest BCUT2D eigenvalue weighted by Crippen LogP contribution is 2.35. The summed E-state index contributed by atoms with van der Waals surface area (Å²) < 4.78 is 0. The van der Waals surface area contributed by atoms with E-state index in [1.165, 1.54) is 0 Å². The van der Waals surface area contributed by atoms with Crippen LogP contribution in [0.3, 0.4) is 0 Å². The first-order valence-electron chi connectivity index (χ1n) is 5.69. The van der Waals surface area contributed by atoms with Gasteiger partial charge in [0.05, 0.1) is 5.69 Å². The van der Waals surface area contributed by atoms with Gasteiger partial charge < -0.3 is 10.0 Å². The van der Waals surface area contributed by atoms with Crippen LogP contribution in [0.2, 0.25) is 0 Å². The molecule has 3 nitrogen and oxygen atoms in total. The average molecular weight is 219 g/mol. The second-order valence-electron chi connectivity index (χ2n) is 4.63. The molecule has 1 unspecified atom stereocenters. The third-order valence-electron chi connectivity index (χ3n) is 2.95. The third-order valence-corrected chi connectivity index (χ3v) is 2.95. The summed E-state index contributed by atoms with van der Waals surface area (Å²) in [4.78, 5) is 13.5. The van der Waals surface area contributed by atoms with Crippen LogP contribution in [0.4, 0.5) is 5.69 Å². The summed E-state index contributed by atoms with van der Waals surface area (Å²) in [5.74, 6) is 0.361. The fourth-order valence-corrected chi connectivity index (χ4v) is 1.98. The summed E-state index contributed by atoms with van der Waals surface area (Å²) in [7, 11) is 0. The first-order chi connectivity index (χ1) is 7.61. The zero-order chi connectivity index (χ0) is 11.7. The quantitative estimate of drug-likeness (QED) is 0.845. The number of aliphatic hydroxyl groups excluding tert-OH is 1. The highest BCUT2D eigenvalue weighted by Gasteiger charge is 2.35. The minimum Gasteiger partial charge on any atom is -0.378 e. The Bertz CT molecular complexity index is 401. The number of carbonyl (C=O) groups is 1. The van der Waals surface area contributed by atoms with Gasteiger partial charge in [0.25, 0.3) is 5.91 Å². The molecule has 1 atom stereocenters. The summed E-state index contributed by atoms with van der Waals surface area (Å²) in [5, 5.41) is 9.79. The van der Waals surface area contributed by atoms with Gasteiger partial charge in [-0.2, -0.15) is 0 Å². The second kappa shape index (κ2) is 4.26. The van der Waals surface area contributed by atoms with E-state index < -0.39 is 6.10 Å². The predicted molar refractivity (Wildman–Crippen MR) is 63.2 cm³/mol. The molecule has 16 heavy (non-hydrogen) atoms. The Morgan fingerprint density at radius 3 is 2.75 bits per heavy atom. The lowest BCUT2D eigenvalue weighted by molar-refractivity contribution is -0.125. The number of fused-ring (bicyclic) bond motifs is 1. The zero-order valence-corrected chi connectivity index (χ0v) is 9.68. The normalized spacial score (nSPS) is 19.4. The molecular formula is C13H17NO2. The van der Waals surface area contributed by atoms with E-state index in [2.05, 4.69) is 13.8 Å². The van der Waals surface area contributed by atoms with Crippen molar-refractivity contribution >= 4 is 11.6 Å². The van der Waals surface area contributed by atoms with Gasteiger partial charge in [-0.1, -0.05) is 32.0 Å². The summed E-state index contributed by atoms with van der Waals surface area (Å²) in [5.41, 5.74) is 1.59. The summed E-state index contributed by atoms with van der Waals surface area (Å²) in [6.45, 7) is 4.94. The standard InChI is InChI=1S/C13H17NO2/c1-9(2)7-8-14-11-6-4-3-5-10(11)12(15)13(14)16/h3-6,9,12,15H,7-8H2,1-2H3. The lowest BCUT2D eigenvalue weighted by Crippen LogP contribution is -2.30. The van der Waals surface area contributed by atoms with E-state index >= 15 is 0 Å². The molecule has 1 aromatic rings. The largest absolute Gasteiger partial charge is 0.378 e. The maximum atomic E-state index is 11.9. The van der Waals surface area contributed by atoms with Gasteiger partial charge in [-0.15, -0.1) is 0 Å². The van der Waals surface area contributed by atoms with Crippen LogP contribution >= 0.6 is 0 Å². The van der Waals surface area contributed by atoms with Gasteiger partial charge in [0.2, 0.25) is 0 Å². The van der Waals surface area contributed by atoms with E-state index in [9.17, 15) is 9.90 Å². The Balaban J connectivity index is 2.23. The van der Waals surface area contributed by atoms with E-state index in [0.29, 0.717) is 12.5 Å². The summed E-state index contributed by atoms with van der Waals surface area (Å²) >= 11 is 0. The lowest BCUT2D eigenvalue weighted by Gasteiger charge is -2.18. The van der Waals surface area contributed by atoms with E-state index in [1.54, 1.807) is 4.90 Å². The maximum absolute atomic E-state index is 11.9. The molecule has 0 fully saturated rings. The van der Waals surface area contributed by atoms with Crippen LogP contribution in [0, 0.1) is 5.92 Å². The molecule has 0 bridgehead atoms. The molecule has 1 amide bonds. The smallest absolute Gasteiger partial charge is 0.260 e. The molecule has 1 aliphatic heterocycles. The van der Waals surface area contributed by atoms with Gasteiger partial charge in [-0.25, -0.2) is 0 Å². The van der Waals surface area contributed by atoms with Crippen LogP contribution in [0.15, 0.2) is 24.3 Å². The minimum absolute atomic E-state index is 0.193. The number of aliphatic hydroxyl groups is 1. The number of para-hydroxylation sites is 1. The van der Waals surface area contributed by atoms with Crippen molar-refractivity contribution < 1.29 is 9.90 Å². The van der Waals surface area contributed by atoms with E-state index in [0.717, 1.165) is 17.7 Å². The number of hydrogen-bond acceptors (Lipinski definition) is 2. The fraction of sp³-hybridized carbons (Fsp3) is 0.462. The highest BCUT2D eigenvalue weighted by molar-refractivity contribution is 6.03. The van der Waals surface area contributed by atoms with Crippen LogP contribution in [0.25, 0.3) is 0 Å². The molecule has 2 rings (SSSR count). The van der Waals surface area contributed by atoms with Gasteiger partial charge >= 0.3 is 0 Å². The SMILES string of the molecule is CC(C)CCN1C(=O)C(O)c2ccccc21. The fourth-order valence-electron chi connectivity index (χ4n) is 1.98. The number of benzene rings is 1. The molecule has 0 aliphatic carbocycles. The Kier molecular flexibility index (Phi) is 2.97. The summed E-state index contributed by atoms with van der Waals surface area (Å²) in [6, 6.07) is 7.45. The van der Waals surface area contributed by atoms with Crippen LogP contribution in [-0.4, -0.2) is 17.6 Å². The first kappa shape index (κ1) is 11.1. The zero-order valence-electron chi connectivity index (χ0n) is 9.68. The molecule has 1 heterocycles. The molecule has 1 aliphatic rings. The highest BCUT2D eigenvalue weighted by atomic mass is 16.3. The van der Waals surface area contributed by atoms with Crippen LogP contribution in [-0.2, 0) is 4.79 Å². The van der Waals surface area contributed by atoms with Crippen molar-refractivity contribution in [1.29, 1.82) is 0 Å².